The number of nitrogens with zero attached hydrogens (tertiary/aromatic N) is 1. The Labute approximate surface area is 106 Å². The fraction of sp³-hybridized carbons (Fsp3) is 0.333. The monoisotopic (exact) mass is 273 g/mol. The van der Waals surface area contributed by atoms with E-state index in [9.17, 15) is 18.0 Å². The topological polar surface area (TPSA) is 58.9 Å². The number of alkyl halides is 3. The highest BCUT2D eigenvalue weighted by molar-refractivity contribution is 5.94. The average molecular weight is 273 g/mol. The van der Waals surface area contributed by atoms with Crippen LogP contribution in [-0.2, 0) is 15.7 Å². The van der Waals surface area contributed by atoms with E-state index in [1.165, 1.54) is 12.1 Å². The summed E-state index contributed by atoms with van der Waals surface area (Å²) in [7, 11) is 0. The maximum absolute atomic E-state index is 12.4. The largest absolute Gasteiger partial charge is 0.481 e. The van der Waals surface area contributed by atoms with Gasteiger partial charge in [-0.3, -0.25) is 9.79 Å². The molecule has 1 aliphatic heterocycles. The Morgan fingerprint density at radius 1 is 1.37 bits per heavy atom. The number of hydrogen-bond donors (Lipinski definition) is 1. The zero-order valence-electron chi connectivity index (χ0n) is 9.65. The van der Waals surface area contributed by atoms with Gasteiger partial charge in [0.15, 0.2) is 5.90 Å². The molecule has 4 nitrogen and oxygen atoms in total. The molecule has 1 atom stereocenters. The van der Waals surface area contributed by atoms with Crippen molar-refractivity contribution < 1.29 is 27.8 Å². The van der Waals surface area contributed by atoms with Crippen molar-refractivity contribution >= 4 is 11.9 Å². The van der Waals surface area contributed by atoms with Crippen LogP contribution in [0.5, 0.6) is 0 Å². The minimum Gasteiger partial charge on any atom is -0.481 e. The van der Waals surface area contributed by atoms with Crippen LogP contribution in [0.3, 0.4) is 0 Å². The summed E-state index contributed by atoms with van der Waals surface area (Å²) in [6, 6.07) is 4.56. The molecule has 1 aliphatic rings. The first-order valence-corrected chi connectivity index (χ1v) is 5.45. The van der Waals surface area contributed by atoms with Gasteiger partial charge in [-0.15, -0.1) is 0 Å². The van der Waals surface area contributed by atoms with Crippen LogP contribution in [0, 0.1) is 0 Å². The van der Waals surface area contributed by atoms with Crippen molar-refractivity contribution in [2.24, 2.45) is 4.99 Å². The van der Waals surface area contributed by atoms with Gasteiger partial charge in [0.1, 0.15) is 12.5 Å². The molecule has 2 rings (SSSR count). The van der Waals surface area contributed by atoms with Crippen LogP contribution >= 0.6 is 0 Å². The minimum absolute atomic E-state index is 0.0948. The lowest BCUT2D eigenvalue weighted by atomic mass is 10.1. The lowest BCUT2D eigenvalue weighted by molar-refractivity contribution is -0.138. The molecule has 1 aromatic rings. The van der Waals surface area contributed by atoms with E-state index >= 15 is 0 Å². The van der Waals surface area contributed by atoms with Gasteiger partial charge in [-0.05, 0) is 17.7 Å². The minimum atomic E-state index is -4.37. The number of hydrogen-bond acceptors (Lipinski definition) is 3. The Hall–Kier alpha value is -2.05. The summed E-state index contributed by atoms with van der Waals surface area (Å²) in [6.45, 7) is 0.216. The summed E-state index contributed by atoms with van der Waals surface area (Å²) in [4.78, 5) is 14.4. The molecule has 0 aliphatic carbocycles. The molecule has 1 unspecified atom stereocenters. The zero-order chi connectivity index (χ0) is 14.0. The Bertz CT molecular complexity index is 508. The van der Waals surface area contributed by atoms with E-state index in [0.717, 1.165) is 12.1 Å². The fourth-order valence-electron chi connectivity index (χ4n) is 1.71. The molecule has 1 N–H and O–H groups in total. The standard InChI is InChI=1S/C12H10F3NO3/c13-12(14,15)8-3-1-7(2-4-8)9-6-16-10(19-9)5-11(17)18/h1-4,9H,5-6H2,(H,17,18). The number of carboxylic acid groups (broad SMARTS) is 1. The van der Waals surface area contributed by atoms with Gasteiger partial charge in [0.25, 0.3) is 0 Å². The van der Waals surface area contributed by atoms with Gasteiger partial charge >= 0.3 is 12.1 Å². The Balaban J connectivity index is 2.03. The van der Waals surface area contributed by atoms with Crippen LogP contribution in [0.15, 0.2) is 29.3 Å². The van der Waals surface area contributed by atoms with Crippen molar-refractivity contribution in [1.82, 2.24) is 0 Å². The van der Waals surface area contributed by atoms with E-state index in [4.69, 9.17) is 9.84 Å². The van der Waals surface area contributed by atoms with E-state index in [1.807, 2.05) is 0 Å². The highest BCUT2D eigenvalue weighted by atomic mass is 19.4. The van der Waals surface area contributed by atoms with Crippen molar-refractivity contribution in [2.75, 3.05) is 6.54 Å². The number of ether oxygens (including phenoxy) is 1. The third-order valence-electron chi connectivity index (χ3n) is 2.62. The van der Waals surface area contributed by atoms with E-state index < -0.39 is 23.8 Å². The first-order valence-electron chi connectivity index (χ1n) is 5.45. The summed E-state index contributed by atoms with van der Waals surface area (Å²) < 4.78 is 42.4. The zero-order valence-corrected chi connectivity index (χ0v) is 9.65. The van der Waals surface area contributed by atoms with Gasteiger partial charge in [-0.25, -0.2) is 0 Å². The first-order chi connectivity index (χ1) is 8.86. The van der Waals surface area contributed by atoms with Crippen LogP contribution in [0.1, 0.15) is 23.7 Å². The fourth-order valence-corrected chi connectivity index (χ4v) is 1.71. The Morgan fingerprint density at radius 3 is 2.53 bits per heavy atom. The van der Waals surface area contributed by atoms with E-state index in [1.54, 1.807) is 0 Å². The summed E-state index contributed by atoms with van der Waals surface area (Å²) in [5.41, 5.74) is -0.196. The second-order valence-electron chi connectivity index (χ2n) is 4.03. The predicted molar refractivity (Wildman–Crippen MR) is 59.8 cm³/mol. The SMILES string of the molecule is O=C(O)CC1=NCC(c2ccc(C(F)(F)F)cc2)O1. The summed E-state index contributed by atoms with van der Waals surface area (Å²) in [5, 5.41) is 8.57. The molecule has 1 aromatic carbocycles. The van der Waals surface area contributed by atoms with Gasteiger partial charge in [0.05, 0.1) is 12.1 Å². The van der Waals surface area contributed by atoms with Crippen LogP contribution in [0.25, 0.3) is 0 Å². The van der Waals surface area contributed by atoms with Crippen molar-refractivity contribution in [3.8, 4) is 0 Å². The summed E-state index contributed by atoms with van der Waals surface area (Å²) in [6.07, 6.45) is -5.21. The van der Waals surface area contributed by atoms with Crippen LogP contribution < -0.4 is 0 Å². The Morgan fingerprint density at radius 2 is 2.00 bits per heavy atom. The normalized spacial score (nSPS) is 18.9. The molecule has 0 spiro atoms. The maximum atomic E-state index is 12.4. The number of aliphatic imine (C=N–C) groups is 1. The predicted octanol–water partition coefficient (Wildman–Crippen LogP) is 2.65. The molecule has 0 fully saturated rings. The molecule has 0 bridgehead atoms. The molecule has 102 valence electrons. The maximum Gasteiger partial charge on any atom is 0.416 e. The van der Waals surface area contributed by atoms with Gasteiger partial charge < -0.3 is 9.84 Å². The number of halogens is 3. The van der Waals surface area contributed by atoms with Gasteiger partial charge in [0, 0.05) is 0 Å². The molecular weight excluding hydrogens is 263 g/mol. The quantitative estimate of drug-likeness (QED) is 0.921. The lowest BCUT2D eigenvalue weighted by Crippen LogP contribution is -2.10. The second-order valence-corrected chi connectivity index (χ2v) is 4.03. The van der Waals surface area contributed by atoms with E-state index in [-0.39, 0.29) is 18.9 Å². The summed E-state index contributed by atoms with van der Waals surface area (Å²) >= 11 is 0. The van der Waals surface area contributed by atoms with Crippen LogP contribution in [-0.4, -0.2) is 23.5 Å². The molecule has 0 amide bonds. The molecule has 19 heavy (non-hydrogen) atoms. The Kier molecular flexibility index (Phi) is 3.46. The van der Waals surface area contributed by atoms with Crippen molar-refractivity contribution in [2.45, 2.75) is 18.7 Å². The van der Waals surface area contributed by atoms with Crippen LogP contribution in [0.2, 0.25) is 0 Å². The van der Waals surface area contributed by atoms with Crippen molar-refractivity contribution in [3.63, 3.8) is 0 Å². The third-order valence-corrected chi connectivity index (χ3v) is 2.62. The highest BCUT2D eigenvalue weighted by Gasteiger charge is 2.31. The molecule has 0 saturated heterocycles. The molecule has 7 heteroatoms. The van der Waals surface area contributed by atoms with Crippen LogP contribution in [0.4, 0.5) is 13.2 Å². The molecular formula is C12H10F3NO3. The molecule has 0 aromatic heterocycles. The smallest absolute Gasteiger partial charge is 0.416 e. The third kappa shape index (κ3) is 3.24. The number of benzene rings is 1. The second kappa shape index (κ2) is 4.91. The van der Waals surface area contributed by atoms with Gasteiger partial charge in [-0.1, -0.05) is 12.1 Å². The molecule has 1 heterocycles. The number of carbonyl (C=O) groups is 1. The highest BCUT2D eigenvalue weighted by Crippen LogP contribution is 2.31. The van der Waals surface area contributed by atoms with Crippen molar-refractivity contribution in [3.05, 3.63) is 35.4 Å². The summed E-state index contributed by atoms with van der Waals surface area (Å²) in [5.74, 6) is -0.968. The number of carboxylic acids is 1. The molecule has 0 saturated carbocycles. The van der Waals surface area contributed by atoms with Crippen molar-refractivity contribution in [1.29, 1.82) is 0 Å². The van der Waals surface area contributed by atoms with E-state index in [2.05, 4.69) is 4.99 Å². The van der Waals surface area contributed by atoms with Gasteiger partial charge in [-0.2, -0.15) is 13.2 Å². The number of aliphatic carboxylic acids is 1. The first kappa shape index (κ1) is 13.4. The lowest BCUT2D eigenvalue weighted by Gasteiger charge is -2.12. The van der Waals surface area contributed by atoms with Gasteiger partial charge in [0.2, 0.25) is 0 Å². The van der Waals surface area contributed by atoms with E-state index in [0.29, 0.717) is 5.56 Å². The average Bonchev–Trinajstić information content (AvgIpc) is 2.75. The number of rotatable bonds is 3. The molecule has 0 radical (unpaired) electrons.